The molecule has 1 aliphatic rings. The monoisotopic (exact) mass is 398 g/mol. The molecule has 0 atom stereocenters. The fourth-order valence-electron chi connectivity index (χ4n) is 2.89. The molecular formula is C20H22N4O5. The van der Waals surface area contributed by atoms with Gasteiger partial charge in [-0.3, -0.25) is 10.1 Å². The summed E-state index contributed by atoms with van der Waals surface area (Å²) in [5, 5.41) is 11.5. The van der Waals surface area contributed by atoms with E-state index in [9.17, 15) is 14.9 Å². The Hall–Kier alpha value is -3.49. The summed E-state index contributed by atoms with van der Waals surface area (Å²) >= 11 is 0. The molecule has 0 amide bonds. The smallest absolute Gasteiger partial charge is 0.357 e. The number of hydrogen-bond acceptors (Lipinski definition) is 8. The zero-order valence-electron chi connectivity index (χ0n) is 16.5. The normalized spacial score (nSPS) is 13.3. The van der Waals surface area contributed by atoms with E-state index >= 15 is 0 Å². The van der Waals surface area contributed by atoms with Crippen LogP contribution < -0.4 is 4.90 Å². The van der Waals surface area contributed by atoms with Crippen molar-refractivity contribution in [2.75, 3.05) is 25.7 Å². The summed E-state index contributed by atoms with van der Waals surface area (Å²) in [6.07, 6.45) is 4.89. The van der Waals surface area contributed by atoms with Gasteiger partial charge in [0.15, 0.2) is 5.69 Å². The number of methoxy groups -OCH3 is 1. The highest BCUT2D eigenvalue weighted by molar-refractivity contribution is 5.94. The minimum atomic E-state index is -0.609. The van der Waals surface area contributed by atoms with Crippen molar-refractivity contribution in [3.8, 4) is 0 Å². The molecule has 3 rings (SSSR count). The zero-order valence-corrected chi connectivity index (χ0v) is 16.5. The lowest BCUT2D eigenvalue weighted by atomic mass is 10.1. The number of rotatable bonds is 8. The third-order valence-electron chi connectivity index (χ3n) is 4.52. The first-order valence-corrected chi connectivity index (χ1v) is 9.23. The van der Waals surface area contributed by atoms with Crippen molar-refractivity contribution in [2.45, 2.75) is 25.7 Å². The van der Waals surface area contributed by atoms with Crippen LogP contribution >= 0.6 is 0 Å². The van der Waals surface area contributed by atoms with Crippen LogP contribution in [-0.4, -0.2) is 41.6 Å². The van der Waals surface area contributed by atoms with Crippen LogP contribution in [0.25, 0.3) is 6.08 Å². The number of anilines is 2. The third-order valence-corrected chi connectivity index (χ3v) is 4.52. The lowest BCUT2D eigenvalue weighted by molar-refractivity contribution is -0.384. The molecule has 1 aromatic heterocycles. The standard InChI is InChI=1S/C20H22N4O5/c1-4-29-12-11-14-17(20(25)28-3)21-18(13-9-10-13)22-19(14)23(2)15-7-5-6-8-16(15)24(26)27/h5-8,11-13H,4,9-10H2,1-3H3/b12-11+. The molecule has 9 heteroatoms. The highest BCUT2D eigenvalue weighted by atomic mass is 16.6. The van der Waals surface area contributed by atoms with Crippen molar-refractivity contribution in [2.24, 2.45) is 0 Å². The Labute approximate surface area is 168 Å². The van der Waals surface area contributed by atoms with Crippen molar-refractivity contribution in [3.63, 3.8) is 0 Å². The van der Waals surface area contributed by atoms with Gasteiger partial charge in [-0.05, 0) is 31.9 Å². The lowest BCUT2D eigenvalue weighted by Gasteiger charge is -2.22. The largest absolute Gasteiger partial charge is 0.501 e. The number of nitrogens with zero attached hydrogens (tertiary/aromatic N) is 4. The van der Waals surface area contributed by atoms with Crippen LogP contribution in [-0.2, 0) is 9.47 Å². The Kier molecular flexibility index (Phi) is 6.06. The van der Waals surface area contributed by atoms with E-state index in [1.807, 2.05) is 6.92 Å². The number of carbonyl (C=O) groups is 1. The Morgan fingerprint density at radius 2 is 2.07 bits per heavy atom. The molecule has 1 fully saturated rings. The van der Waals surface area contributed by atoms with Gasteiger partial charge in [-0.2, -0.15) is 0 Å². The number of ether oxygens (including phenoxy) is 2. The molecule has 152 valence electrons. The van der Waals surface area contributed by atoms with Gasteiger partial charge in [-0.1, -0.05) is 12.1 Å². The molecule has 0 aliphatic heterocycles. The Bertz CT molecular complexity index is 956. The predicted octanol–water partition coefficient (Wildman–Crippen LogP) is 3.82. The first-order valence-electron chi connectivity index (χ1n) is 9.23. The maximum absolute atomic E-state index is 12.4. The molecular weight excluding hydrogens is 376 g/mol. The van der Waals surface area contributed by atoms with E-state index in [4.69, 9.17) is 9.47 Å². The molecule has 29 heavy (non-hydrogen) atoms. The van der Waals surface area contributed by atoms with E-state index in [0.29, 0.717) is 29.5 Å². The Morgan fingerprint density at radius 1 is 1.34 bits per heavy atom. The number of nitro groups is 1. The fourth-order valence-corrected chi connectivity index (χ4v) is 2.89. The first kappa shape index (κ1) is 20.2. The van der Waals surface area contributed by atoms with Crippen molar-refractivity contribution < 1.29 is 19.2 Å². The summed E-state index contributed by atoms with van der Waals surface area (Å²) in [5.41, 5.74) is 0.747. The van der Waals surface area contributed by atoms with Gasteiger partial charge in [0.05, 0.1) is 30.5 Å². The molecule has 1 saturated carbocycles. The fraction of sp³-hybridized carbons (Fsp3) is 0.350. The minimum absolute atomic E-state index is 0.0686. The molecule has 2 aromatic rings. The van der Waals surface area contributed by atoms with E-state index in [1.54, 1.807) is 36.2 Å². The van der Waals surface area contributed by atoms with Gasteiger partial charge < -0.3 is 14.4 Å². The summed E-state index contributed by atoms with van der Waals surface area (Å²) in [4.78, 5) is 34.1. The Morgan fingerprint density at radius 3 is 2.69 bits per heavy atom. The SMILES string of the molecule is CCO/C=C/c1c(C(=O)OC)nc(C2CC2)nc1N(C)c1ccccc1[N+](=O)[O-]. The van der Waals surface area contributed by atoms with Gasteiger partial charge in [0, 0.05) is 19.0 Å². The topological polar surface area (TPSA) is 108 Å². The molecule has 9 nitrogen and oxygen atoms in total. The first-order chi connectivity index (χ1) is 14.0. The van der Waals surface area contributed by atoms with Gasteiger partial charge in [-0.15, -0.1) is 0 Å². The van der Waals surface area contributed by atoms with Crippen molar-refractivity contribution in [1.29, 1.82) is 0 Å². The van der Waals surface area contributed by atoms with E-state index in [1.165, 1.54) is 19.4 Å². The van der Waals surface area contributed by atoms with Crippen LogP contribution in [0.5, 0.6) is 0 Å². The number of aromatic nitrogens is 2. The second-order valence-electron chi connectivity index (χ2n) is 6.50. The number of benzene rings is 1. The molecule has 0 bridgehead atoms. The number of hydrogen-bond donors (Lipinski definition) is 0. The average Bonchev–Trinajstić information content (AvgIpc) is 3.58. The van der Waals surface area contributed by atoms with Crippen molar-refractivity contribution >= 4 is 29.2 Å². The molecule has 1 heterocycles. The summed E-state index contributed by atoms with van der Waals surface area (Å²) in [6.45, 7) is 2.28. The minimum Gasteiger partial charge on any atom is -0.501 e. The van der Waals surface area contributed by atoms with E-state index in [-0.39, 0.29) is 17.3 Å². The van der Waals surface area contributed by atoms with Gasteiger partial charge in [0.25, 0.3) is 5.69 Å². The van der Waals surface area contributed by atoms with Crippen molar-refractivity contribution in [1.82, 2.24) is 9.97 Å². The summed E-state index contributed by atoms with van der Waals surface area (Å²) in [7, 11) is 2.95. The second-order valence-corrected chi connectivity index (χ2v) is 6.50. The molecule has 0 radical (unpaired) electrons. The molecule has 0 unspecified atom stereocenters. The number of esters is 1. The van der Waals surface area contributed by atoms with Crippen LogP contribution in [0.4, 0.5) is 17.2 Å². The number of para-hydroxylation sites is 2. The Balaban J connectivity index is 2.21. The van der Waals surface area contributed by atoms with Crippen LogP contribution in [0, 0.1) is 10.1 Å². The van der Waals surface area contributed by atoms with Crippen LogP contribution in [0.1, 0.15) is 47.6 Å². The summed E-state index contributed by atoms with van der Waals surface area (Å²) in [5.74, 6) is 0.454. The quantitative estimate of drug-likeness (QED) is 0.286. The molecule has 0 saturated heterocycles. The maximum Gasteiger partial charge on any atom is 0.357 e. The second kappa shape index (κ2) is 8.68. The van der Waals surface area contributed by atoms with E-state index < -0.39 is 10.9 Å². The van der Waals surface area contributed by atoms with Gasteiger partial charge in [0.2, 0.25) is 0 Å². The number of carbonyl (C=O) groups excluding carboxylic acids is 1. The van der Waals surface area contributed by atoms with Crippen LogP contribution in [0.15, 0.2) is 30.5 Å². The van der Waals surface area contributed by atoms with Crippen LogP contribution in [0.3, 0.4) is 0 Å². The summed E-state index contributed by atoms with van der Waals surface area (Å²) in [6, 6.07) is 6.36. The molecule has 1 aromatic carbocycles. The maximum atomic E-state index is 12.4. The molecule has 1 aliphatic carbocycles. The molecule has 0 spiro atoms. The molecule has 0 N–H and O–H groups in total. The lowest BCUT2D eigenvalue weighted by Crippen LogP contribution is -2.19. The van der Waals surface area contributed by atoms with Gasteiger partial charge in [0.1, 0.15) is 17.3 Å². The van der Waals surface area contributed by atoms with Crippen LogP contribution in [0.2, 0.25) is 0 Å². The zero-order chi connectivity index (χ0) is 21.0. The van der Waals surface area contributed by atoms with Crippen molar-refractivity contribution in [3.05, 3.63) is 57.7 Å². The highest BCUT2D eigenvalue weighted by Gasteiger charge is 2.31. The van der Waals surface area contributed by atoms with E-state index in [0.717, 1.165) is 12.8 Å². The van der Waals surface area contributed by atoms with E-state index in [2.05, 4.69) is 9.97 Å². The predicted molar refractivity (Wildman–Crippen MR) is 107 cm³/mol. The highest BCUT2D eigenvalue weighted by Crippen LogP contribution is 2.41. The summed E-state index contributed by atoms with van der Waals surface area (Å²) < 4.78 is 10.2. The van der Waals surface area contributed by atoms with Gasteiger partial charge >= 0.3 is 5.97 Å². The number of nitro benzene ring substituents is 1. The van der Waals surface area contributed by atoms with Gasteiger partial charge in [-0.25, -0.2) is 14.8 Å². The third kappa shape index (κ3) is 4.34. The average molecular weight is 398 g/mol.